The first-order chi connectivity index (χ1) is 8.90. The zero-order valence-electron chi connectivity index (χ0n) is 10.1. The third kappa shape index (κ3) is 2.40. The summed E-state index contributed by atoms with van der Waals surface area (Å²) in [6, 6.07) is 2.82. The molecule has 1 saturated heterocycles. The zero-order valence-corrected chi connectivity index (χ0v) is 10.1. The molecule has 3 N–H and O–H groups in total. The van der Waals surface area contributed by atoms with Gasteiger partial charge in [-0.25, -0.2) is 4.39 Å². The van der Waals surface area contributed by atoms with E-state index in [1.54, 1.807) is 0 Å². The molecular weight excluding hydrogens is 253 g/mol. The smallest absolute Gasteiger partial charge is 0.255 e. The van der Waals surface area contributed by atoms with Gasteiger partial charge in [0.05, 0.1) is 5.69 Å². The first kappa shape index (κ1) is 13.0. The van der Waals surface area contributed by atoms with Gasteiger partial charge in [0.2, 0.25) is 11.8 Å². The van der Waals surface area contributed by atoms with Crippen molar-refractivity contribution >= 4 is 23.4 Å². The molecule has 6 nitrogen and oxygen atoms in total. The van der Waals surface area contributed by atoms with Crippen LogP contribution in [-0.4, -0.2) is 35.2 Å². The summed E-state index contributed by atoms with van der Waals surface area (Å²) in [6.07, 6.45) is 0. The molecule has 1 unspecified atom stereocenters. The van der Waals surface area contributed by atoms with Crippen LogP contribution in [0.2, 0.25) is 0 Å². The van der Waals surface area contributed by atoms with Gasteiger partial charge >= 0.3 is 0 Å². The predicted molar refractivity (Wildman–Crippen MR) is 64.5 cm³/mol. The molecule has 1 aromatic carbocycles. The first-order valence-electron chi connectivity index (χ1n) is 5.60. The van der Waals surface area contributed by atoms with Crippen molar-refractivity contribution in [1.29, 1.82) is 0 Å². The van der Waals surface area contributed by atoms with Crippen LogP contribution in [0.15, 0.2) is 18.2 Å². The van der Waals surface area contributed by atoms with Crippen LogP contribution in [0.1, 0.15) is 17.3 Å². The number of hydrogen-bond donors (Lipinski definition) is 2. The number of nitrogen functional groups attached to an aromatic ring is 1. The number of rotatable bonds is 1. The summed E-state index contributed by atoms with van der Waals surface area (Å²) >= 11 is 0. The molecule has 19 heavy (non-hydrogen) atoms. The third-order valence-corrected chi connectivity index (χ3v) is 2.93. The summed E-state index contributed by atoms with van der Waals surface area (Å²) in [5.41, 5.74) is 5.29. The quantitative estimate of drug-likeness (QED) is 0.547. The third-order valence-electron chi connectivity index (χ3n) is 2.93. The van der Waals surface area contributed by atoms with Gasteiger partial charge in [0.25, 0.3) is 5.91 Å². The van der Waals surface area contributed by atoms with Gasteiger partial charge in [-0.3, -0.25) is 19.7 Å². The number of halogens is 1. The van der Waals surface area contributed by atoms with Gasteiger partial charge < -0.3 is 10.6 Å². The average Bonchev–Trinajstić information content (AvgIpc) is 2.36. The lowest BCUT2D eigenvalue weighted by molar-refractivity contribution is -0.138. The van der Waals surface area contributed by atoms with Crippen molar-refractivity contribution in [3.8, 4) is 0 Å². The Morgan fingerprint density at radius 1 is 1.47 bits per heavy atom. The topological polar surface area (TPSA) is 92.5 Å². The van der Waals surface area contributed by atoms with E-state index >= 15 is 0 Å². The fraction of sp³-hybridized carbons (Fsp3) is 0.250. The summed E-state index contributed by atoms with van der Waals surface area (Å²) in [5, 5.41) is 2.12. The molecule has 0 aromatic heterocycles. The predicted octanol–water partition coefficient (Wildman–Crippen LogP) is -0.105. The Balaban J connectivity index is 2.29. The number of piperazine rings is 1. The van der Waals surface area contributed by atoms with Crippen LogP contribution in [0.3, 0.4) is 0 Å². The second kappa shape index (κ2) is 4.68. The monoisotopic (exact) mass is 265 g/mol. The van der Waals surface area contributed by atoms with Crippen molar-refractivity contribution in [2.75, 3.05) is 12.3 Å². The molecule has 0 saturated carbocycles. The van der Waals surface area contributed by atoms with E-state index in [1.165, 1.54) is 19.1 Å². The number of nitrogens with zero attached hydrogens (tertiary/aromatic N) is 1. The van der Waals surface area contributed by atoms with E-state index in [0.717, 1.165) is 11.0 Å². The van der Waals surface area contributed by atoms with E-state index in [9.17, 15) is 18.8 Å². The number of carbonyl (C=O) groups is 3. The minimum absolute atomic E-state index is 0.0426. The molecule has 7 heteroatoms. The molecule has 0 radical (unpaired) electrons. The Bertz CT molecular complexity index is 573. The highest BCUT2D eigenvalue weighted by molar-refractivity contribution is 6.07. The second-order valence-corrected chi connectivity index (χ2v) is 4.26. The number of nitrogens with two attached hydrogens (primary N) is 1. The van der Waals surface area contributed by atoms with E-state index in [0.29, 0.717) is 0 Å². The zero-order chi connectivity index (χ0) is 14.2. The van der Waals surface area contributed by atoms with Gasteiger partial charge in [-0.1, -0.05) is 0 Å². The van der Waals surface area contributed by atoms with Gasteiger partial charge in [-0.05, 0) is 25.1 Å². The molecule has 2 rings (SSSR count). The van der Waals surface area contributed by atoms with Crippen molar-refractivity contribution in [3.05, 3.63) is 29.6 Å². The summed E-state index contributed by atoms with van der Waals surface area (Å²) in [6.45, 7) is 1.26. The maximum Gasteiger partial charge on any atom is 0.255 e. The molecule has 1 heterocycles. The Labute approximate surface area is 108 Å². The van der Waals surface area contributed by atoms with E-state index < -0.39 is 29.6 Å². The summed E-state index contributed by atoms with van der Waals surface area (Å²) in [4.78, 5) is 36.0. The van der Waals surface area contributed by atoms with Crippen LogP contribution in [0.5, 0.6) is 0 Å². The summed E-state index contributed by atoms with van der Waals surface area (Å²) < 4.78 is 13.3. The number of amides is 3. The van der Waals surface area contributed by atoms with Crippen molar-refractivity contribution in [1.82, 2.24) is 10.2 Å². The Hall–Kier alpha value is -2.44. The van der Waals surface area contributed by atoms with Crippen molar-refractivity contribution in [3.63, 3.8) is 0 Å². The maximum absolute atomic E-state index is 13.3. The minimum Gasteiger partial charge on any atom is -0.396 e. The van der Waals surface area contributed by atoms with Crippen LogP contribution >= 0.6 is 0 Å². The van der Waals surface area contributed by atoms with Gasteiger partial charge in [-0.2, -0.15) is 0 Å². The normalized spacial score (nSPS) is 19.3. The molecule has 0 spiro atoms. The number of anilines is 1. The molecule has 0 bridgehead atoms. The van der Waals surface area contributed by atoms with Crippen molar-refractivity contribution in [2.45, 2.75) is 13.0 Å². The fourth-order valence-corrected chi connectivity index (χ4v) is 1.79. The van der Waals surface area contributed by atoms with Gasteiger partial charge in [0.15, 0.2) is 0 Å². The fourth-order valence-electron chi connectivity index (χ4n) is 1.79. The second-order valence-electron chi connectivity index (χ2n) is 4.26. The van der Waals surface area contributed by atoms with Crippen LogP contribution in [0, 0.1) is 5.82 Å². The number of carbonyl (C=O) groups excluding carboxylic acids is 3. The minimum atomic E-state index is -0.786. The maximum atomic E-state index is 13.3. The number of benzene rings is 1. The summed E-state index contributed by atoms with van der Waals surface area (Å²) in [5.74, 6) is -2.42. The molecular formula is C12H12FN3O3. The first-order valence-corrected chi connectivity index (χ1v) is 5.60. The Kier molecular flexibility index (Phi) is 3.20. The largest absolute Gasteiger partial charge is 0.396 e. The average molecular weight is 265 g/mol. The number of nitrogens with one attached hydrogen (secondary N) is 1. The highest BCUT2D eigenvalue weighted by Crippen LogP contribution is 2.16. The SMILES string of the molecule is CC1C(=O)NC(=O)CN1C(=O)c1ccc(N)c(F)c1. The van der Waals surface area contributed by atoms with E-state index in [1.807, 2.05) is 0 Å². The van der Waals surface area contributed by atoms with Crippen molar-refractivity contribution < 1.29 is 18.8 Å². The van der Waals surface area contributed by atoms with Gasteiger partial charge in [-0.15, -0.1) is 0 Å². The van der Waals surface area contributed by atoms with Crippen LogP contribution < -0.4 is 11.1 Å². The molecule has 1 aromatic rings. The standard InChI is InChI=1S/C12H12FN3O3/c1-6-11(18)15-10(17)5-16(6)12(19)7-2-3-9(14)8(13)4-7/h2-4,6H,5,14H2,1H3,(H,15,17,18). The van der Waals surface area contributed by atoms with Crippen LogP contribution in [0.4, 0.5) is 10.1 Å². The van der Waals surface area contributed by atoms with E-state index in [4.69, 9.17) is 5.73 Å². The molecule has 1 aliphatic rings. The molecule has 1 aliphatic heterocycles. The summed E-state index contributed by atoms with van der Waals surface area (Å²) in [7, 11) is 0. The lowest BCUT2D eigenvalue weighted by Crippen LogP contribution is -2.58. The molecule has 1 fully saturated rings. The van der Waals surface area contributed by atoms with Gasteiger partial charge in [0.1, 0.15) is 18.4 Å². The Morgan fingerprint density at radius 2 is 2.16 bits per heavy atom. The molecule has 1 atom stereocenters. The van der Waals surface area contributed by atoms with Gasteiger partial charge in [0, 0.05) is 5.56 Å². The van der Waals surface area contributed by atoms with E-state index in [-0.39, 0.29) is 17.8 Å². The molecule has 0 aliphatic carbocycles. The number of imide groups is 1. The Morgan fingerprint density at radius 3 is 2.79 bits per heavy atom. The molecule has 3 amide bonds. The van der Waals surface area contributed by atoms with Crippen LogP contribution in [0.25, 0.3) is 0 Å². The highest BCUT2D eigenvalue weighted by Gasteiger charge is 2.34. The number of hydrogen-bond acceptors (Lipinski definition) is 4. The highest BCUT2D eigenvalue weighted by atomic mass is 19.1. The lowest BCUT2D eigenvalue weighted by atomic mass is 10.1. The molecule has 100 valence electrons. The lowest BCUT2D eigenvalue weighted by Gasteiger charge is -2.31. The van der Waals surface area contributed by atoms with E-state index in [2.05, 4.69) is 5.32 Å². The van der Waals surface area contributed by atoms with Crippen molar-refractivity contribution in [2.24, 2.45) is 0 Å². The van der Waals surface area contributed by atoms with Crippen LogP contribution in [-0.2, 0) is 9.59 Å².